The van der Waals surface area contributed by atoms with Gasteiger partial charge in [-0.3, -0.25) is 0 Å². The highest BCUT2D eigenvalue weighted by atomic mass is 16.6. The minimum Gasteiger partial charge on any atom is -0.382 e. The van der Waals surface area contributed by atoms with Gasteiger partial charge in [-0.2, -0.15) is 0 Å². The number of rotatable bonds is 19. The second-order valence-corrected chi connectivity index (χ2v) is 5.78. The molecule has 0 aliphatic heterocycles. The van der Waals surface area contributed by atoms with Gasteiger partial charge >= 0.3 is 0 Å². The van der Waals surface area contributed by atoms with E-state index < -0.39 is 0 Å². The molecule has 0 saturated carbocycles. The largest absolute Gasteiger partial charge is 0.382 e. The van der Waals surface area contributed by atoms with Gasteiger partial charge in [0, 0.05) is 14.2 Å². The van der Waals surface area contributed by atoms with Crippen LogP contribution in [0.1, 0.15) is 5.56 Å². The summed E-state index contributed by atoms with van der Waals surface area (Å²) in [6, 6.07) is 10.1. The molecule has 0 aliphatic rings. The second-order valence-electron chi connectivity index (χ2n) is 5.78. The molecule has 0 aliphatic carbocycles. The van der Waals surface area contributed by atoms with Crippen molar-refractivity contribution in [3.8, 4) is 0 Å². The summed E-state index contributed by atoms with van der Waals surface area (Å²) in [4.78, 5) is 0. The molecule has 0 radical (unpaired) electrons. The highest BCUT2D eigenvalue weighted by Crippen LogP contribution is 2.03. The van der Waals surface area contributed by atoms with Crippen LogP contribution < -0.4 is 0 Å². The fourth-order valence-corrected chi connectivity index (χ4v) is 2.12. The topological polar surface area (TPSA) is 64.6 Å². The smallest absolute Gasteiger partial charge is 0.104 e. The second kappa shape index (κ2) is 18.3. The first-order valence-electron chi connectivity index (χ1n) is 9.31. The van der Waals surface area contributed by atoms with Crippen LogP contribution in [0.2, 0.25) is 0 Å². The lowest BCUT2D eigenvalue weighted by atomic mass is 10.2. The fraction of sp³-hybridized carbons (Fsp3) is 0.700. The normalized spacial score (nSPS) is 12.4. The van der Waals surface area contributed by atoms with Crippen LogP contribution in [-0.4, -0.2) is 86.4 Å². The molecule has 0 spiro atoms. The summed E-state index contributed by atoms with van der Waals surface area (Å²) in [6.07, 6.45) is -0.154. The number of methoxy groups -OCH3 is 2. The van der Waals surface area contributed by atoms with Gasteiger partial charge in [-0.25, -0.2) is 0 Å². The van der Waals surface area contributed by atoms with Gasteiger partial charge in [-0.1, -0.05) is 30.3 Å². The molecule has 0 fully saturated rings. The van der Waals surface area contributed by atoms with E-state index in [1.165, 1.54) is 0 Å². The Labute approximate surface area is 162 Å². The third kappa shape index (κ3) is 14.6. The Kier molecular flexibility index (Phi) is 16.3. The number of benzene rings is 1. The Bertz CT molecular complexity index is 416. The molecule has 0 amide bonds. The number of hydrogen-bond acceptors (Lipinski definition) is 7. The Morgan fingerprint density at radius 3 is 1.85 bits per heavy atom. The first-order chi connectivity index (χ1) is 13.4. The lowest BCUT2D eigenvalue weighted by molar-refractivity contribution is -0.0832. The summed E-state index contributed by atoms with van der Waals surface area (Å²) in [6.45, 7) is 5.77. The van der Waals surface area contributed by atoms with Crippen molar-refractivity contribution in [2.24, 2.45) is 0 Å². The van der Waals surface area contributed by atoms with Crippen molar-refractivity contribution in [1.82, 2.24) is 0 Å². The molecule has 0 saturated heterocycles. The minimum atomic E-state index is -0.154. The van der Waals surface area contributed by atoms with E-state index in [-0.39, 0.29) is 6.10 Å². The van der Waals surface area contributed by atoms with Crippen molar-refractivity contribution in [2.45, 2.75) is 12.7 Å². The van der Waals surface area contributed by atoms with Crippen LogP contribution in [0.4, 0.5) is 0 Å². The van der Waals surface area contributed by atoms with Crippen molar-refractivity contribution in [1.29, 1.82) is 0 Å². The zero-order valence-electron chi connectivity index (χ0n) is 16.6. The zero-order chi connectivity index (χ0) is 19.4. The Hall–Kier alpha value is -1.06. The molecule has 1 rings (SSSR count). The van der Waals surface area contributed by atoms with Gasteiger partial charge in [-0.05, 0) is 5.56 Å². The third-order valence-corrected chi connectivity index (χ3v) is 3.54. The monoisotopic (exact) mass is 386 g/mol. The SMILES string of the molecule is COCCOCCOCC(COCc1ccccc1)OCCOCCOC. The summed E-state index contributed by atoms with van der Waals surface area (Å²) in [5.74, 6) is 0. The van der Waals surface area contributed by atoms with E-state index in [1.54, 1.807) is 14.2 Å². The molecule has 156 valence electrons. The van der Waals surface area contributed by atoms with Crippen molar-refractivity contribution >= 4 is 0 Å². The maximum atomic E-state index is 5.83. The molecule has 1 unspecified atom stereocenters. The van der Waals surface area contributed by atoms with Crippen molar-refractivity contribution in [3.05, 3.63) is 35.9 Å². The highest BCUT2D eigenvalue weighted by Gasteiger charge is 2.10. The predicted octanol–water partition coefficient (Wildman–Crippen LogP) is 1.93. The van der Waals surface area contributed by atoms with Gasteiger partial charge in [-0.15, -0.1) is 0 Å². The fourth-order valence-electron chi connectivity index (χ4n) is 2.12. The van der Waals surface area contributed by atoms with Gasteiger partial charge in [0.2, 0.25) is 0 Å². The van der Waals surface area contributed by atoms with Gasteiger partial charge in [0.25, 0.3) is 0 Å². The summed E-state index contributed by atoms with van der Waals surface area (Å²) in [7, 11) is 3.30. The summed E-state index contributed by atoms with van der Waals surface area (Å²) in [5, 5.41) is 0. The minimum absolute atomic E-state index is 0.154. The Morgan fingerprint density at radius 2 is 1.19 bits per heavy atom. The maximum absolute atomic E-state index is 5.83. The van der Waals surface area contributed by atoms with Crippen LogP contribution in [0.5, 0.6) is 0 Å². The highest BCUT2D eigenvalue weighted by molar-refractivity contribution is 5.13. The van der Waals surface area contributed by atoms with E-state index in [0.29, 0.717) is 72.7 Å². The Morgan fingerprint density at radius 1 is 0.630 bits per heavy atom. The average molecular weight is 386 g/mol. The summed E-state index contributed by atoms with van der Waals surface area (Å²) < 4.78 is 37.9. The van der Waals surface area contributed by atoms with Crippen LogP contribution >= 0.6 is 0 Å². The molecule has 1 atom stereocenters. The van der Waals surface area contributed by atoms with E-state index in [4.69, 9.17) is 33.2 Å². The lowest BCUT2D eigenvalue weighted by Crippen LogP contribution is -2.28. The predicted molar refractivity (Wildman–Crippen MR) is 102 cm³/mol. The number of ether oxygens (including phenoxy) is 7. The van der Waals surface area contributed by atoms with E-state index in [2.05, 4.69) is 0 Å². The molecular weight excluding hydrogens is 352 g/mol. The van der Waals surface area contributed by atoms with Crippen molar-refractivity contribution in [2.75, 3.05) is 80.3 Å². The Balaban J connectivity index is 2.19. The van der Waals surface area contributed by atoms with Crippen LogP contribution in [0, 0.1) is 0 Å². The van der Waals surface area contributed by atoms with Gasteiger partial charge in [0.15, 0.2) is 0 Å². The molecule has 0 N–H and O–H groups in total. The molecule has 0 heterocycles. The van der Waals surface area contributed by atoms with Gasteiger partial charge in [0.1, 0.15) is 6.10 Å². The standard InChI is InChI=1S/C20H34O7/c1-21-8-10-23-12-13-25-17-20(27-15-14-24-11-9-22-2)18-26-16-19-6-4-3-5-7-19/h3-7,20H,8-18H2,1-2H3. The first kappa shape index (κ1) is 24.0. The zero-order valence-corrected chi connectivity index (χ0v) is 16.6. The third-order valence-electron chi connectivity index (χ3n) is 3.54. The molecule has 27 heavy (non-hydrogen) atoms. The molecule has 0 bridgehead atoms. The molecule has 7 heteroatoms. The first-order valence-corrected chi connectivity index (χ1v) is 9.31. The van der Waals surface area contributed by atoms with Gasteiger partial charge < -0.3 is 33.2 Å². The maximum Gasteiger partial charge on any atom is 0.104 e. The number of hydrogen-bond donors (Lipinski definition) is 0. The quantitative estimate of drug-likeness (QED) is 0.337. The average Bonchev–Trinajstić information content (AvgIpc) is 2.70. The van der Waals surface area contributed by atoms with E-state index in [1.807, 2.05) is 30.3 Å². The van der Waals surface area contributed by atoms with Gasteiger partial charge in [0.05, 0.1) is 72.7 Å². The molecular formula is C20H34O7. The van der Waals surface area contributed by atoms with Crippen LogP contribution in [-0.2, 0) is 39.8 Å². The molecule has 1 aromatic carbocycles. The van der Waals surface area contributed by atoms with Crippen LogP contribution in [0.15, 0.2) is 30.3 Å². The van der Waals surface area contributed by atoms with Crippen LogP contribution in [0.25, 0.3) is 0 Å². The van der Waals surface area contributed by atoms with E-state index in [9.17, 15) is 0 Å². The lowest BCUT2D eigenvalue weighted by Gasteiger charge is -2.18. The summed E-state index contributed by atoms with van der Waals surface area (Å²) in [5.41, 5.74) is 1.13. The van der Waals surface area contributed by atoms with Crippen LogP contribution in [0.3, 0.4) is 0 Å². The van der Waals surface area contributed by atoms with Crippen molar-refractivity contribution < 1.29 is 33.2 Å². The molecule has 7 nitrogen and oxygen atoms in total. The molecule has 0 aromatic heterocycles. The molecule has 1 aromatic rings. The van der Waals surface area contributed by atoms with E-state index in [0.717, 1.165) is 5.56 Å². The summed E-state index contributed by atoms with van der Waals surface area (Å²) >= 11 is 0. The van der Waals surface area contributed by atoms with E-state index >= 15 is 0 Å². The van der Waals surface area contributed by atoms with Crippen molar-refractivity contribution in [3.63, 3.8) is 0 Å².